The first kappa shape index (κ1) is 14.4. The molecule has 0 radical (unpaired) electrons. The highest BCUT2D eigenvalue weighted by atomic mass is 32.2. The van der Waals surface area contributed by atoms with Gasteiger partial charge < -0.3 is 10.5 Å². The highest BCUT2D eigenvalue weighted by molar-refractivity contribution is 7.89. The number of hydrogen-bond acceptors (Lipinski definition) is 5. The van der Waals surface area contributed by atoms with Gasteiger partial charge >= 0.3 is 0 Å². The Morgan fingerprint density at radius 1 is 1.53 bits per heavy atom. The highest BCUT2D eigenvalue weighted by Crippen LogP contribution is 2.16. The van der Waals surface area contributed by atoms with Gasteiger partial charge in [-0.25, -0.2) is 13.1 Å². The summed E-state index contributed by atoms with van der Waals surface area (Å²) in [5.41, 5.74) is 6.10. The third kappa shape index (κ3) is 3.73. The lowest BCUT2D eigenvalue weighted by molar-refractivity contribution is 0.0173. The molecule has 0 spiro atoms. The number of hydrogen-bond donors (Lipinski definition) is 2. The molecule has 0 saturated carbocycles. The van der Waals surface area contributed by atoms with Crippen molar-refractivity contribution in [3.63, 3.8) is 0 Å². The molecule has 1 fully saturated rings. The number of nitrogens with zero attached hydrogens (tertiary/aromatic N) is 1. The topological polar surface area (TPSA) is 94.3 Å². The van der Waals surface area contributed by atoms with Crippen LogP contribution >= 0.6 is 0 Å². The second-order valence-electron chi connectivity index (χ2n) is 4.71. The summed E-state index contributed by atoms with van der Waals surface area (Å²) in [5.74, 6) is 0. The maximum absolute atomic E-state index is 12.2. The largest absolute Gasteiger partial charge is 0.378 e. The Kier molecular flexibility index (Phi) is 4.51. The molecule has 2 rings (SSSR count). The summed E-state index contributed by atoms with van der Waals surface area (Å²) < 4.78 is 32.5. The Balaban J connectivity index is 2.08. The summed E-state index contributed by atoms with van der Waals surface area (Å²) in [6.07, 6.45) is 2.80. The predicted octanol–water partition coefficient (Wildman–Crippen LogP) is 0.386. The van der Waals surface area contributed by atoms with Gasteiger partial charge in [-0.3, -0.25) is 4.98 Å². The molecule has 1 aromatic heterocycles. The van der Waals surface area contributed by atoms with Gasteiger partial charge in [-0.2, -0.15) is 0 Å². The SMILES string of the molecule is CC1CC(NS(=O)(=O)c2ccc(CN)nc2)CCO1. The summed E-state index contributed by atoms with van der Waals surface area (Å²) in [5, 5.41) is 0. The smallest absolute Gasteiger partial charge is 0.242 e. The van der Waals surface area contributed by atoms with Crippen molar-refractivity contribution < 1.29 is 13.2 Å². The summed E-state index contributed by atoms with van der Waals surface area (Å²) >= 11 is 0. The van der Waals surface area contributed by atoms with Gasteiger partial charge in [0.25, 0.3) is 0 Å². The minimum absolute atomic E-state index is 0.0806. The standard InChI is InChI=1S/C12H19N3O3S/c1-9-6-10(4-5-18-9)15-19(16,17)12-3-2-11(7-13)14-8-12/h2-3,8-10,15H,4-7,13H2,1H3. The van der Waals surface area contributed by atoms with Gasteiger partial charge in [-0.1, -0.05) is 0 Å². The van der Waals surface area contributed by atoms with E-state index >= 15 is 0 Å². The number of sulfonamides is 1. The number of aromatic nitrogens is 1. The fourth-order valence-electron chi connectivity index (χ4n) is 2.08. The van der Waals surface area contributed by atoms with Crippen molar-refractivity contribution >= 4 is 10.0 Å². The molecule has 0 amide bonds. The van der Waals surface area contributed by atoms with E-state index in [1.807, 2.05) is 6.92 Å². The monoisotopic (exact) mass is 285 g/mol. The molecule has 0 aromatic carbocycles. The average Bonchev–Trinajstić information content (AvgIpc) is 2.38. The van der Waals surface area contributed by atoms with Gasteiger partial charge in [0.15, 0.2) is 0 Å². The van der Waals surface area contributed by atoms with Crippen molar-refractivity contribution in [2.24, 2.45) is 5.73 Å². The molecule has 106 valence electrons. The lowest BCUT2D eigenvalue weighted by atomic mass is 10.1. The van der Waals surface area contributed by atoms with Crippen LogP contribution in [0.5, 0.6) is 0 Å². The van der Waals surface area contributed by atoms with Crippen LogP contribution in [0.1, 0.15) is 25.5 Å². The van der Waals surface area contributed by atoms with Gasteiger partial charge in [-0.05, 0) is 31.9 Å². The molecule has 1 aromatic rings. The predicted molar refractivity (Wildman–Crippen MR) is 70.9 cm³/mol. The maximum Gasteiger partial charge on any atom is 0.242 e. The highest BCUT2D eigenvalue weighted by Gasteiger charge is 2.25. The first-order valence-corrected chi connectivity index (χ1v) is 7.78. The van der Waals surface area contributed by atoms with Crippen molar-refractivity contribution in [3.8, 4) is 0 Å². The van der Waals surface area contributed by atoms with Crippen LogP contribution in [0.4, 0.5) is 0 Å². The van der Waals surface area contributed by atoms with Crippen LogP contribution in [0.25, 0.3) is 0 Å². The average molecular weight is 285 g/mol. The van der Waals surface area contributed by atoms with Gasteiger partial charge in [0.2, 0.25) is 10.0 Å². The van der Waals surface area contributed by atoms with Gasteiger partial charge in [0.1, 0.15) is 4.90 Å². The molecule has 1 aliphatic rings. The van der Waals surface area contributed by atoms with Crippen molar-refractivity contribution in [2.75, 3.05) is 6.61 Å². The second kappa shape index (κ2) is 5.96. The zero-order valence-corrected chi connectivity index (χ0v) is 11.7. The number of ether oxygens (including phenoxy) is 1. The zero-order chi connectivity index (χ0) is 13.9. The minimum atomic E-state index is -3.52. The van der Waals surface area contributed by atoms with Crippen molar-refractivity contribution in [1.82, 2.24) is 9.71 Å². The molecule has 0 aliphatic carbocycles. The third-order valence-electron chi connectivity index (χ3n) is 3.12. The quantitative estimate of drug-likeness (QED) is 0.834. The molecule has 2 heterocycles. The van der Waals surface area contributed by atoms with Crippen molar-refractivity contribution in [1.29, 1.82) is 0 Å². The summed E-state index contributed by atoms with van der Waals surface area (Å²) in [4.78, 5) is 4.17. The van der Waals surface area contributed by atoms with E-state index in [4.69, 9.17) is 10.5 Å². The number of nitrogens with one attached hydrogen (secondary N) is 1. The number of nitrogens with two attached hydrogens (primary N) is 1. The lowest BCUT2D eigenvalue weighted by Crippen LogP contribution is -2.41. The molecule has 7 heteroatoms. The van der Waals surface area contributed by atoms with E-state index in [9.17, 15) is 8.42 Å². The summed E-state index contributed by atoms with van der Waals surface area (Å²) in [6.45, 7) is 2.82. The Hall–Kier alpha value is -1.02. The summed E-state index contributed by atoms with van der Waals surface area (Å²) in [7, 11) is -3.52. The molecule has 19 heavy (non-hydrogen) atoms. The molecule has 3 N–H and O–H groups in total. The van der Waals surface area contributed by atoms with Crippen LogP contribution in [0.2, 0.25) is 0 Å². The normalized spacial score (nSPS) is 24.3. The molecule has 1 aliphatic heterocycles. The van der Waals surface area contributed by atoms with Crippen molar-refractivity contribution in [3.05, 3.63) is 24.0 Å². The molecular weight excluding hydrogens is 266 g/mol. The van der Waals surface area contributed by atoms with Gasteiger partial charge in [0.05, 0.1) is 11.8 Å². The van der Waals surface area contributed by atoms with Crippen LogP contribution < -0.4 is 10.5 Å². The van der Waals surface area contributed by atoms with Crippen LogP contribution in [-0.2, 0) is 21.3 Å². The maximum atomic E-state index is 12.2. The van der Waals surface area contributed by atoms with Crippen LogP contribution in [0.15, 0.2) is 23.2 Å². The Labute approximate surface area is 113 Å². The Morgan fingerprint density at radius 2 is 2.32 bits per heavy atom. The van der Waals surface area contributed by atoms with Crippen LogP contribution in [0, 0.1) is 0 Å². The molecule has 1 saturated heterocycles. The van der Waals surface area contributed by atoms with E-state index in [0.717, 1.165) is 0 Å². The minimum Gasteiger partial charge on any atom is -0.378 e. The van der Waals surface area contributed by atoms with Gasteiger partial charge in [0, 0.05) is 25.4 Å². The van der Waals surface area contributed by atoms with E-state index in [-0.39, 0.29) is 17.0 Å². The van der Waals surface area contributed by atoms with Gasteiger partial charge in [-0.15, -0.1) is 0 Å². The second-order valence-corrected chi connectivity index (χ2v) is 6.43. The lowest BCUT2D eigenvalue weighted by Gasteiger charge is -2.27. The fraction of sp³-hybridized carbons (Fsp3) is 0.583. The zero-order valence-electron chi connectivity index (χ0n) is 10.9. The third-order valence-corrected chi connectivity index (χ3v) is 4.63. The molecule has 2 unspecified atom stereocenters. The van der Waals surface area contributed by atoms with E-state index in [1.165, 1.54) is 12.3 Å². The van der Waals surface area contributed by atoms with E-state index in [2.05, 4.69) is 9.71 Å². The Morgan fingerprint density at radius 3 is 2.89 bits per heavy atom. The number of pyridine rings is 1. The van der Waals surface area contributed by atoms with Crippen LogP contribution in [0.3, 0.4) is 0 Å². The van der Waals surface area contributed by atoms with E-state index in [0.29, 0.717) is 31.7 Å². The fourth-order valence-corrected chi connectivity index (χ4v) is 3.31. The van der Waals surface area contributed by atoms with Crippen molar-refractivity contribution in [2.45, 2.75) is 43.4 Å². The molecular formula is C12H19N3O3S. The summed E-state index contributed by atoms with van der Waals surface area (Å²) in [6, 6.07) is 3.07. The first-order chi connectivity index (χ1) is 9.01. The molecule has 0 bridgehead atoms. The van der Waals surface area contributed by atoms with Crippen LogP contribution in [-0.4, -0.2) is 32.2 Å². The Bertz CT molecular complexity index is 516. The van der Waals surface area contributed by atoms with E-state index in [1.54, 1.807) is 6.07 Å². The van der Waals surface area contributed by atoms with E-state index < -0.39 is 10.0 Å². The molecule has 2 atom stereocenters. The first-order valence-electron chi connectivity index (χ1n) is 6.30. The molecule has 6 nitrogen and oxygen atoms in total. The number of rotatable bonds is 4.